The number of aromatic nitrogens is 2. The molecule has 0 spiro atoms. The van der Waals surface area contributed by atoms with Gasteiger partial charge < -0.3 is 38.0 Å². The molecule has 2 aromatic heterocycles. The fourth-order valence-electron chi connectivity index (χ4n) is 8.75. The van der Waals surface area contributed by atoms with Crippen LogP contribution in [0.15, 0.2) is 45.9 Å². The van der Waals surface area contributed by atoms with Crippen molar-refractivity contribution in [2.45, 2.75) is 169 Å². The summed E-state index contributed by atoms with van der Waals surface area (Å²) < 4.78 is 101. The average Bonchev–Trinajstić information content (AvgIpc) is 4.02. The van der Waals surface area contributed by atoms with Gasteiger partial charge in [0, 0.05) is 56.1 Å². The van der Waals surface area contributed by atoms with E-state index >= 15 is 0 Å². The monoisotopic (exact) mass is 1190 g/mol. The van der Waals surface area contributed by atoms with Crippen LogP contribution in [-0.4, -0.2) is 149 Å². The molecule has 4 bridgehead atoms. The third kappa shape index (κ3) is 18.5. The van der Waals surface area contributed by atoms with Gasteiger partial charge in [-0.3, -0.25) is 5.21 Å². The van der Waals surface area contributed by atoms with Crippen LogP contribution < -0.4 is 0 Å². The van der Waals surface area contributed by atoms with Gasteiger partial charge in [0.15, 0.2) is 0 Å². The summed E-state index contributed by atoms with van der Waals surface area (Å²) in [5.74, 6) is -3.97. The van der Waals surface area contributed by atoms with E-state index in [9.17, 15) is 55.5 Å². The number of aliphatic hydroxyl groups is 1. The molecule has 414 valence electrons. The highest BCUT2D eigenvalue weighted by molar-refractivity contribution is 9.10. The number of fused-ring (bicyclic) bond motifs is 4. The molecule has 5 fully saturated rings. The summed E-state index contributed by atoms with van der Waals surface area (Å²) in [5, 5.41) is 19.8. The number of halogens is 8. The number of ether oxygens (including phenoxy) is 3. The van der Waals surface area contributed by atoms with Crippen molar-refractivity contribution in [2.24, 2.45) is 0 Å². The Morgan fingerprint density at radius 3 is 1.47 bits per heavy atom. The second-order valence-corrected chi connectivity index (χ2v) is 20.2. The lowest BCUT2D eigenvalue weighted by Crippen LogP contribution is -2.45. The Kier molecular flexibility index (Phi) is 23.1. The Labute approximate surface area is 440 Å². The van der Waals surface area contributed by atoms with Crippen molar-refractivity contribution in [3.8, 4) is 0 Å². The SMILES string of the molecule is CCOC(=O)C(F)(F)Br.O=C(OC1CCCCCC1)C(F)(F)Br.O=C1N2CC(c3ncco3)=CC(C2)N1O.O=C1N2CC(c3ncco3)=CC(C2)N1OC(F)(F)C(=O)OC1CCCCCC1.OC1CCCCCC1. The van der Waals surface area contributed by atoms with Crippen molar-refractivity contribution >= 4 is 73.0 Å². The normalized spacial score (nSPS) is 21.8. The number of amides is 4. The molecular formula is C47H62Br2F6N6O13. The second kappa shape index (κ2) is 28.4. The Bertz CT molecular complexity index is 2160. The smallest absolute Gasteiger partial charge is 0.461 e. The summed E-state index contributed by atoms with van der Waals surface area (Å²) in [5.41, 5.74) is 1.42. The summed E-state index contributed by atoms with van der Waals surface area (Å²) in [6.07, 6.45) is 21.7. The maximum atomic E-state index is 14.4. The van der Waals surface area contributed by atoms with E-state index in [0.717, 1.165) is 74.8 Å². The van der Waals surface area contributed by atoms with Crippen LogP contribution >= 0.6 is 31.9 Å². The minimum Gasteiger partial charge on any atom is -0.461 e. The minimum absolute atomic E-state index is 0.0255. The molecule has 74 heavy (non-hydrogen) atoms. The van der Waals surface area contributed by atoms with Crippen molar-refractivity contribution in [3.05, 3.63) is 48.9 Å². The van der Waals surface area contributed by atoms with Gasteiger partial charge in [0.05, 0.1) is 50.3 Å². The highest BCUT2D eigenvalue weighted by Crippen LogP contribution is 2.34. The third-order valence-corrected chi connectivity index (χ3v) is 13.1. The molecule has 4 amide bonds. The van der Waals surface area contributed by atoms with E-state index in [2.05, 4.69) is 19.5 Å². The number of hydroxylamine groups is 4. The lowest BCUT2D eigenvalue weighted by atomic mass is 10.1. The lowest BCUT2D eigenvalue weighted by Gasteiger charge is -2.25. The zero-order valence-corrected chi connectivity index (χ0v) is 43.9. The van der Waals surface area contributed by atoms with Gasteiger partial charge in [0.1, 0.15) is 24.7 Å². The lowest BCUT2D eigenvalue weighted by molar-refractivity contribution is -0.328. The molecule has 0 aromatic carbocycles. The molecule has 2 N–H and O–H groups in total. The second-order valence-electron chi connectivity index (χ2n) is 18.2. The number of carbonyl (C=O) groups is 5. The molecule has 2 saturated heterocycles. The van der Waals surface area contributed by atoms with Gasteiger partial charge in [-0.2, -0.15) is 41.3 Å². The van der Waals surface area contributed by atoms with E-state index in [1.165, 1.54) is 56.2 Å². The van der Waals surface area contributed by atoms with Crippen LogP contribution in [0.25, 0.3) is 11.1 Å². The molecule has 6 heterocycles. The topological polar surface area (TPSA) is 228 Å². The summed E-state index contributed by atoms with van der Waals surface area (Å²) in [4.78, 5) is 65.1. The molecule has 19 nitrogen and oxygen atoms in total. The van der Waals surface area contributed by atoms with E-state index in [1.807, 2.05) is 37.9 Å². The van der Waals surface area contributed by atoms with Gasteiger partial charge in [0.2, 0.25) is 11.8 Å². The van der Waals surface area contributed by atoms with E-state index in [-0.39, 0.29) is 44.0 Å². The highest BCUT2D eigenvalue weighted by Gasteiger charge is 2.52. The number of nitrogens with zero attached hydrogens (tertiary/aromatic N) is 6. The van der Waals surface area contributed by atoms with Crippen LogP contribution in [0.4, 0.5) is 35.9 Å². The molecule has 0 radical (unpaired) electrons. The Morgan fingerprint density at radius 1 is 0.649 bits per heavy atom. The number of oxazole rings is 2. The molecule has 4 aliphatic heterocycles. The van der Waals surface area contributed by atoms with Crippen molar-refractivity contribution in [2.75, 3.05) is 32.8 Å². The average molecular weight is 1190 g/mol. The Morgan fingerprint density at radius 2 is 1.07 bits per heavy atom. The largest absolute Gasteiger partial charge is 0.477 e. The van der Waals surface area contributed by atoms with Crippen molar-refractivity contribution in [1.29, 1.82) is 0 Å². The third-order valence-electron chi connectivity index (χ3n) is 12.4. The number of esters is 3. The van der Waals surface area contributed by atoms with Gasteiger partial charge in [-0.05, 0) is 83.3 Å². The number of hydrogen-bond donors (Lipinski definition) is 2. The first-order chi connectivity index (χ1) is 35.1. The number of carbonyl (C=O) groups excluding carboxylic acids is 5. The fraction of sp³-hybridized carbons (Fsp3) is 0.681. The first-order valence-electron chi connectivity index (χ1n) is 24.6. The molecule has 3 aliphatic carbocycles. The van der Waals surface area contributed by atoms with Gasteiger partial charge in [-0.25, -0.2) is 33.9 Å². The van der Waals surface area contributed by atoms with Gasteiger partial charge in [-0.15, -0.1) is 0 Å². The van der Waals surface area contributed by atoms with Gasteiger partial charge >= 0.3 is 45.7 Å². The van der Waals surface area contributed by atoms with Gasteiger partial charge in [0.25, 0.3) is 0 Å². The molecule has 27 heteroatoms. The maximum Gasteiger partial charge on any atom is 0.477 e. The van der Waals surface area contributed by atoms with Gasteiger partial charge in [-0.1, -0.05) is 51.4 Å². The molecule has 2 aromatic rings. The maximum absolute atomic E-state index is 14.4. The molecule has 9 rings (SSSR count). The van der Waals surface area contributed by atoms with Crippen molar-refractivity contribution in [3.63, 3.8) is 0 Å². The van der Waals surface area contributed by atoms with Crippen molar-refractivity contribution < 1.29 is 88.5 Å². The summed E-state index contributed by atoms with van der Waals surface area (Å²) in [6.45, 7) is 2.72. The predicted octanol–water partition coefficient (Wildman–Crippen LogP) is 10.0. The molecule has 2 atom stereocenters. The number of rotatable bonds is 10. The fourth-order valence-corrected chi connectivity index (χ4v) is 8.96. The van der Waals surface area contributed by atoms with Crippen LogP contribution in [0, 0.1) is 0 Å². The van der Waals surface area contributed by atoms with E-state index in [4.69, 9.17) is 23.4 Å². The number of aliphatic hydroxyl groups excluding tert-OH is 1. The number of alkyl halides is 8. The molecule has 2 unspecified atom stereocenters. The minimum atomic E-state index is -4.25. The van der Waals surface area contributed by atoms with E-state index in [1.54, 1.807) is 17.2 Å². The highest BCUT2D eigenvalue weighted by atomic mass is 79.9. The molecular weight excluding hydrogens is 1130 g/mol. The van der Waals surface area contributed by atoms with E-state index in [0.29, 0.717) is 61.2 Å². The Balaban J connectivity index is 0.000000187. The van der Waals surface area contributed by atoms with Crippen LogP contribution in [0.2, 0.25) is 0 Å². The first-order valence-corrected chi connectivity index (χ1v) is 26.2. The first kappa shape index (κ1) is 60.1. The van der Waals surface area contributed by atoms with Crippen LogP contribution in [0.3, 0.4) is 0 Å². The number of urea groups is 2. The predicted molar refractivity (Wildman–Crippen MR) is 255 cm³/mol. The van der Waals surface area contributed by atoms with Crippen LogP contribution in [-0.2, 0) is 33.4 Å². The summed E-state index contributed by atoms with van der Waals surface area (Å²) in [6, 6.07) is -2.17. The van der Waals surface area contributed by atoms with Crippen molar-refractivity contribution in [1.82, 2.24) is 29.9 Å². The number of hydrogen-bond acceptors (Lipinski definition) is 15. The molecule has 3 saturated carbocycles. The Hall–Kier alpha value is -4.73. The summed E-state index contributed by atoms with van der Waals surface area (Å²) in [7, 11) is 0. The standard InChI is InChI=1S/C18H21F2N3O5.C9H13BrF2O2.C9H9N3O3.C7H14O.C4H5BrF2O2/c19-18(20,16(24)27-14-5-3-1-2-4-6-14)28-23-13-9-12(15-21-7-8-26-15)10-22(11-13)17(23)25;10-9(11,12)8(13)14-7-5-3-1-2-4-6-7;13-9-11-4-6(8-10-1-2-15-8)3-7(5-11)12(9)14;8-7-5-3-1-2-4-6-7;1-2-9-3(8)4(5,6)7/h7-9,13-14H,1-6,10-11H2;7H,1-6H2;1-3,7,14H,4-5H2;7-8H,1-6H2;2H2,1H3. The summed E-state index contributed by atoms with van der Waals surface area (Å²) >= 11 is 3.82. The zero-order chi connectivity index (χ0) is 54.1. The van der Waals surface area contributed by atoms with Crippen LogP contribution in [0.5, 0.6) is 0 Å². The van der Waals surface area contributed by atoms with E-state index < -0.39 is 51.9 Å². The zero-order valence-electron chi connectivity index (χ0n) is 40.7. The molecule has 7 aliphatic rings. The van der Waals surface area contributed by atoms with Crippen LogP contribution in [0.1, 0.15) is 134 Å². The quantitative estimate of drug-likeness (QED) is 0.0563.